The number of nitrogens with zero attached hydrogens (tertiary/aromatic N) is 1. The van der Waals surface area contributed by atoms with Crippen LogP contribution >= 0.6 is 12.4 Å². The van der Waals surface area contributed by atoms with Crippen LogP contribution in [0.15, 0.2) is 24.3 Å². The van der Waals surface area contributed by atoms with Gasteiger partial charge in [0.25, 0.3) is 0 Å². The lowest BCUT2D eigenvalue weighted by Crippen LogP contribution is -2.56. The monoisotopic (exact) mass is 344 g/mol. The molecule has 0 saturated carbocycles. The summed E-state index contributed by atoms with van der Waals surface area (Å²) in [5.41, 5.74) is 0. The zero-order chi connectivity index (χ0) is 15.9. The van der Waals surface area contributed by atoms with Gasteiger partial charge in [-0.25, -0.2) is 0 Å². The van der Waals surface area contributed by atoms with Gasteiger partial charge in [-0.3, -0.25) is 4.79 Å². The summed E-state index contributed by atoms with van der Waals surface area (Å²) < 4.78 is 16.2. The van der Waals surface area contributed by atoms with Crippen LogP contribution < -0.4 is 14.8 Å². The van der Waals surface area contributed by atoms with Gasteiger partial charge in [0.2, 0.25) is 5.91 Å². The molecule has 1 aromatic rings. The number of rotatable bonds is 6. The highest BCUT2D eigenvalue weighted by Crippen LogP contribution is 2.16. The molecule has 23 heavy (non-hydrogen) atoms. The fourth-order valence-corrected chi connectivity index (χ4v) is 2.33. The molecule has 1 aliphatic rings. The molecule has 0 bridgehead atoms. The van der Waals surface area contributed by atoms with Gasteiger partial charge in [0.1, 0.15) is 24.1 Å². The Morgan fingerprint density at radius 3 is 2.61 bits per heavy atom. The van der Waals surface area contributed by atoms with Crippen molar-refractivity contribution >= 4 is 18.3 Å². The lowest BCUT2D eigenvalue weighted by Gasteiger charge is -2.32. The van der Waals surface area contributed by atoms with Gasteiger partial charge >= 0.3 is 0 Å². The number of ether oxygens (including phenoxy) is 3. The highest BCUT2D eigenvalue weighted by Gasteiger charge is 2.30. The molecule has 1 saturated heterocycles. The van der Waals surface area contributed by atoms with Gasteiger partial charge in [-0.15, -0.1) is 12.4 Å². The van der Waals surface area contributed by atoms with Crippen molar-refractivity contribution in [2.24, 2.45) is 0 Å². The van der Waals surface area contributed by atoms with Crippen molar-refractivity contribution in [2.75, 3.05) is 40.5 Å². The molecule has 0 unspecified atom stereocenters. The third kappa shape index (κ3) is 5.57. The smallest absolute Gasteiger partial charge is 0.242 e. The topological polar surface area (TPSA) is 60.0 Å². The van der Waals surface area contributed by atoms with Crippen molar-refractivity contribution in [3.63, 3.8) is 0 Å². The summed E-state index contributed by atoms with van der Waals surface area (Å²) in [5.74, 6) is 1.58. The zero-order valence-corrected chi connectivity index (χ0v) is 14.6. The van der Waals surface area contributed by atoms with Crippen LogP contribution in [0.4, 0.5) is 0 Å². The van der Waals surface area contributed by atoms with Crippen molar-refractivity contribution in [1.29, 1.82) is 0 Å². The molecule has 6 nitrogen and oxygen atoms in total. The first-order valence-corrected chi connectivity index (χ1v) is 7.48. The highest BCUT2D eigenvalue weighted by atomic mass is 35.5. The Kier molecular flexibility index (Phi) is 8.16. The number of halogens is 1. The van der Waals surface area contributed by atoms with Crippen molar-refractivity contribution < 1.29 is 19.0 Å². The fourth-order valence-electron chi connectivity index (χ4n) is 2.33. The van der Waals surface area contributed by atoms with Crippen molar-refractivity contribution in [2.45, 2.75) is 19.1 Å². The predicted octanol–water partition coefficient (Wildman–Crippen LogP) is 1.33. The predicted molar refractivity (Wildman–Crippen MR) is 90.6 cm³/mol. The van der Waals surface area contributed by atoms with Gasteiger partial charge in [-0.05, 0) is 31.2 Å². The highest BCUT2D eigenvalue weighted by molar-refractivity contribution is 5.85. The first-order chi connectivity index (χ1) is 10.6. The molecule has 2 atom stereocenters. The van der Waals surface area contributed by atoms with E-state index in [1.165, 1.54) is 0 Å². The van der Waals surface area contributed by atoms with Crippen LogP contribution in [0.3, 0.4) is 0 Å². The lowest BCUT2D eigenvalue weighted by atomic mass is 10.1. The summed E-state index contributed by atoms with van der Waals surface area (Å²) in [7, 11) is 3.41. The van der Waals surface area contributed by atoms with Crippen LogP contribution in [0.25, 0.3) is 0 Å². The van der Waals surface area contributed by atoms with E-state index in [0.717, 1.165) is 11.5 Å². The summed E-state index contributed by atoms with van der Waals surface area (Å²) in [6.07, 6.45) is -0.105. The van der Waals surface area contributed by atoms with Crippen LogP contribution in [0.2, 0.25) is 0 Å². The van der Waals surface area contributed by atoms with E-state index < -0.39 is 0 Å². The number of hydrogen-bond donors (Lipinski definition) is 1. The Morgan fingerprint density at radius 1 is 1.35 bits per heavy atom. The number of methoxy groups -OCH3 is 1. The Bertz CT molecular complexity index is 483. The minimum atomic E-state index is -0.278. The molecule has 2 rings (SSSR count). The van der Waals surface area contributed by atoms with Crippen molar-refractivity contribution in [3.8, 4) is 11.5 Å². The van der Waals surface area contributed by atoms with E-state index in [0.29, 0.717) is 26.3 Å². The van der Waals surface area contributed by atoms with Gasteiger partial charge in [0.05, 0.1) is 26.4 Å². The molecule has 1 aromatic carbocycles. The number of carbonyl (C=O) groups is 1. The van der Waals surface area contributed by atoms with E-state index in [-0.39, 0.29) is 30.5 Å². The van der Waals surface area contributed by atoms with E-state index in [4.69, 9.17) is 14.2 Å². The van der Waals surface area contributed by atoms with Gasteiger partial charge in [-0.2, -0.15) is 0 Å². The second kappa shape index (κ2) is 9.60. The van der Waals surface area contributed by atoms with Gasteiger partial charge in [0, 0.05) is 13.6 Å². The Balaban J connectivity index is 0.00000264. The number of amides is 1. The van der Waals surface area contributed by atoms with Crippen LogP contribution in [-0.2, 0) is 9.53 Å². The number of hydrogen-bond acceptors (Lipinski definition) is 5. The number of likely N-dealkylation sites (N-methyl/N-ethyl adjacent to an activating group) is 1. The van der Waals surface area contributed by atoms with Gasteiger partial charge in [-0.1, -0.05) is 0 Å². The third-order valence-corrected chi connectivity index (χ3v) is 3.71. The second-order valence-electron chi connectivity index (χ2n) is 5.29. The molecule has 7 heteroatoms. The maximum atomic E-state index is 12.3. The minimum Gasteiger partial charge on any atom is -0.497 e. The molecule has 1 aliphatic heterocycles. The number of morpholine rings is 1. The van der Waals surface area contributed by atoms with E-state index >= 15 is 0 Å². The molecule has 1 N–H and O–H groups in total. The molecule has 0 aliphatic carbocycles. The Morgan fingerprint density at radius 2 is 2.00 bits per heavy atom. The standard InChI is InChI=1S/C16H24N2O4.ClH/c1-12-15(17-8-10-21-12)16(19)18(2)9-11-22-14-6-4-13(20-3)5-7-14;/h4-7,12,15,17H,8-11H2,1-3H3;1H/t12-,15+;/m1./s1. The molecule has 0 aromatic heterocycles. The van der Waals surface area contributed by atoms with Crippen LogP contribution in [0.1, 0.15) is 6.92 Å². The van der Waals surface area contributed by atoms with E-state index in [2.05, 4.69) is 5.32 Å². The molecule has 1 heterocycles. The Labute approximate surface area is 143 Å². The summed E-state index contributed by atoms with van der Waals surface area (Å²) in [6, 6.07) is 7.10. The average molecular weight is 345 g/mol. The summed E-state index contributed by atoms with van der Waals surface area (Å²) >= 11 is 0. The molecule has 0 radical (unpaired) electrons. The maximum absolute atomic E-state index is 12.3. The van der Waals surface area contributed by atoms with Gasteiger partial charge in [0.15, 0.2) is 0 Å². The van der Waals surface area contributed by atoms with E-state index in [1.807, 2.05) is 31.2 Å². The van der Waals surface area contributed by atoms with E-state index in [9.17, 15) is 4.79 Å². The van der Waals surface area contributed by atoms with Crippen molar-refractivity contribution in [3.05, 3.63) is 24.3 Å². The number of carbonyl (C=O) groups excluding carboxylic acids is 1. The summed E-state index contributed by atoms with van der Waals surface area (Å²) in [6.45, 7) is 4.23. The molecule has 1 fully saturated rings. The zero-order valence-electron chi connectivity index (χ0n) is 13.8. The third-order valence-electron chi connectivity index (χ3n) is 3.71. The first kappa shape index (κ1) is 19.5. The van der Waals surface area contributed by atoms with Crippen LogP contribution in [0, 0.1) is 0 Å². The second-order valence-corrected chi connectivity index (χ2v) is 5.29. The number of benzene rings is 1. The molecule has 1 amide bonds. The average Bonchev–Trinajstić information content (AvgIpc) is 2.55. The fraction of sp³-hybridized carbons (Fsp3) is 0.562. The minimum absolute atomic E-state index is 0. The van der Waals surface area contributed by atoms with Gasteiger partial charge < -0.3 is 24.4 Å². The molecule has 130 valence electrons. The molecular formula is C16H25ClN2O4. The summed E-state index contributed by atoms with van der Waals surface area (Å²) in [5, 5.41) is 3.20. The first-order valence-electron chi connectivity index (χ1n) is 7.48. The Hall–Kier alpha value is -1.50. The largest absolute Gasteiger partial charge is 0.497 e. The molecule has 0 spiro atoms. The normalized spacial score (nSPS) is 20.3. The van der Waals surface area contributed by atoms with E-state index in [1.54, 1.807) is 19.1 Å². The van der Waals surface area contributed by atoms with Crippen LogP contribution in [0.5, 0.6) is 11.5 Å². The summed E-state index contributed by atoms with van der Waals surface area (Å²) in [4.78, 5) is 14.0. The SMILES string of the molecule is COc1ccc(OCCN(C)C(=O)[C@H]2NCCO[C@@H]2C)cc1.Cl. The number of nitrogens with one attached hydrogen (secondary N) is 1. The van der Waals surface area contributed by atoms with Crippen molar-refractivity contribution in [1.82, 2.24) is 10.2 Å². The molecular weight excluding hydrogens is 320 g/mol. The maximum Gasteiger partial charge on any atom is 0.242 e. The van der Waals surface area contributed by atoms with Crippen LogP contribution in [-0.4, -0.2) is 63.4 Å². The lowest BCUT2D eigenvalue weighted by molar-refractivity contribution is -0.138. The quantitative estimate of drug-likeness (QED) is 0.843.